The molecule has 1 aromatic carbocycles. The normalized spacial score (nSPS) is 15.7. The van der Waals surface area contributed by atoms with Crippen LogP contribution in [0.1, 0.15) is 6.92 Å². The van der Waals surface area contributed by atoms with Crippen LogP contribution < -0.4 is 16.3 Å². The first-order valence-electron chi connectivity index (χ1n) is 12.5. The molecule has 1 fully saturated rings. The van der Waals surface area contributed by atoms with Gasteiger partial charge < -0.3 is 15.5 Å². The van der Waals surface area contributed by atoms with Crippen molar-refractivity contribution in [3.8, 4) is 16.9 Å². The van der Waals surface area contributed by atoms with E-state index in [2.05, 4.69) is 21.5 Å². The van der Waals surface area contributed by atoms with Gasteiger partial charge in [-0.25, -0.2) is 32.1 Å². The molecule has 5 rings (SSSR count). The fourth-order valence-electron chi connectivity index (χ4n) is 5.01. The van der Waals surface area contributed by atoms with E-state index < -0.39 is 21.3 Å². The largest absolute Gasteiger partial charge is 0.398 e. The maximum Gasteiger partial charge on any atom is 0.355 e. The summed E-state index contributed by atoms with van der Waals surface area (Å²) < 4.78 is 41.5. The van der Waals surface area contributed by atoms with E-state index in [9.17, 15) is 18.0 Å². The van der Waals surface area contributed by atoms with Gasteiger partial charge in [-0.1, -0.05) is 35.8 Å². The summed E-state index contributed by atoms with van der Waals surface area (Å²) in [5.74, 6) is -0.751. The van der Waals surface area contributed by atoms with Crippen molar-refractivity contribution < 1.29 is 17.6 Å². The number of pyridine rings is 2. The summed E-state index contributed by atoms with van der Waals surface area (Å²) in [6, 6.07) is 6.44. The molecule has 1 aliphatic heterocycles. The molecule has 1 amide bonds. The van der Waals surface area contributed by atoms with Gasteiger partial charge in [-0.2, -0.15) is 4.98 Å². The fraction of sp³-hybridized carbons (Fsp3) is 0.222. The summed E-state index contributed by atoms with van der Waals surface area (Å²) in [5, 5.41) is -0.0567. The molecule has 3 aromatic heterocycles. The molecule has 1 saturated heterocycles. The topological polar surface area (TPSA) is 144 Å². The number of nitrogen functional groups attached to an aromatic ring is 1. The number of anilines is 2. The van der Waals surface area contributed by atoms with Gasteiger partial charge in [0.15, 0.2) is 20.6 Å². The first-order valence-corrected chi connectivity index (χ1v) is 15.2. The van der Waals surface area contributed by atoms with Crippen molar-refractivity contribution in [2.75, 3.05) is 36.5 Å². The Labute approximate surface area is 249 Å². The number of carbonyl (C=O) groups is 1. The highest BCUT2D eigenvalue weighted by Crippen LogP contribution is 2.38. The minimum atomic E-state index is -3.93. The van der Waals surface area contributed by atoms with Crippen LogP contribution in [0.15, 0.2) is 58.9 Å². The molecule has 0 unspecified atom stereocenters. The number of hydrogen-bond acceptors (Lipinski definition) is 9. The van der Waals surface area contributed by atoms with Crippen molar-refractivity contribution in [3.05, 3.63) is 75.7 Å². The maximum atomic E-state index is 15.0. The molecule has 0 bridgehead atoms. The molecule has 2 N–H and O–H groups in total. The highest BCUT2D eigenvalue weighted by molar-refractivity contribution is 7.90. The van der Waals surface area contributed by atoms with Gasteiger partial charge in [-0.15, -0.1) is 0 Å². The van der Waals surface area contributed by atoms with Crippen molar-refractivity contribution >= 4 is 61.5 Å². The minimum absolute atomic E-state index is 0.00120. The zero-order chi connectivity index (χ0) is 30.5. The molecule has 4 heterocycles. The van der Waals surface area contributed by atoms with E-state index in [1.807, 2.05) is 11.8 Å². The number of benzene rings is 1. The van der Waals surface area contributed by atoms with Crippen molar-refractivity contribution in [2.45, 2.75) is 17.9 Å². The number of carbonyl (C=O) groups excluding carboxylic acids is 1. The van der Waals surface area contributed by atoms with Crippen LogP contribution in [0.4, 0.5) is 15.9 Å². The molecule has 0 aliphatic carbocycles. The highest BCUT2D eigenvalue weighted by atomic mass is 35.5. The number of nitrogens with zero attached hydrogens (tertiary/aromatic N) is 6. The number of sulfone groups is 1. The molecule has 1 aliphatic rings. The lowest BCUT2D eigenvalue weighted by atomic mass is 10.1. The molecule has 0 radical (unpaired) electrons. The van der Waals surface area contributed by atoms with E-state index in [0.717, 1.165) is 10.8 Å². The Balaban J connectivity index is 1.86. The summed E-state index contributed by atoms with van der Waals surface area (Å²) >= 11 is 13.1. The molecule has 0 saturated carbocycles. The molecule has 15 heteroatoms. The first kappa shape index (κ1) is 29.4. The number of fused-ring (bicyclic) bond motifs is 1. The predicted molar refractivity (Wildman–Crippen MR) is 159 cm³/mol. The van der Waals surface area contributed by atoms with Crippen LogP contribution in [0, 0.1) is 5.82 Å². The van der Waals surface area contributed by atoms with Crippen LogP contribution in [0.5, 0.6) is 0 Å². The number of piperazine rings is 1. The Morgan fingerprint density at radius 3 is 2.60 bits per heavy atom. The van der Waals surface area contributed by atoms with Crippen LogP contribution in [0.2, 0.25) is 10.2 Å². The number of aromatic nitrogens is 4. The van der Waals surface area contributed by atoms with Crippen molar-refractivity contribution in [1.29, 1.82) is 0 Å². The maximum absolute atomic E-state index is 15.0. The lowest BCUT2D eigenvalue weighted by molar-refractivity contribution is -0.126. The Morgan fingerprint density at radius 1 is 1.21 bits per heavy atom. The number of halogens is 3. The third-order valence-corrected chi connectivity index (χ3v) is 8.63. The van der Waals surface area contributed by atoms with Gasteiger partial charge >= 0.3 is 5.69 Å². The fourth-order valence-corrected chi connectivity index (χ4v) is 6.40. The number of hydrogen-bond donors (Lipinski definition) is 1. The van der Waals surface area contributed by atoms with E-state index in [4.69, 9.17) is 28.9 Å². The van der Waals surface area contributed by atoms with Gasteiger partial charge in [0.1, 0.15) is 17.3 Å². The average Bonchev–Trinajstić information content (AvgIpc) is 2.92. The van der Waals surface area contributed by atoms with Crippen LogP contribution in [0.3, 0.4) is 0 Å². The second kappa shape index (κ2) is 11.0. The number of rotatable bonds is 5. The van der Waals surface area contributed by atoms with Crippen molar-refractivity contribution in [3.63, 3.8) is 0 Å². The minimum Gasteiger partial charge on any atom is -0.398 e. The van der Waals surface area contributed by atoms with Crippen LogP contribution in [-0.2, 0) is 14.6 Å². The average molecular weight is 633 g/mol. The van der Waals surface area contributed by atoms with Gasteiger partial charge in [0.05, 0.1) is 26.6 Å². The molecule has 218 valence electrons. The second-order valence-electron chi connectivity index (χ2n) is 9.70. The van der Waals surface area contributed by atoms with E-state index in [0.29, 0.717) is 19.6 Å². The second-order valence-corrected chi connectivity index (χ2v) is 12.4. The Morgan fingerprint density at radius 2 is 1.95 bits per heavy atom. The summed E-state index contributed by atoms with van der Waals surface area (Å²) in [6.45, 7) is 6.32. The van der Waals surface area contributed by atoms with Gasteiger partial charge in [0.25, 0.3) is 0 Å². The SMILES string of the molecule is C=CC(=O)N1CCN(c2nc(=O)n(-c3c(S(C)(=O)=O)ccnc3Cl)c3nc(-c4c(N)cccc4F)c(Cl)cc23)[C@@H](C)C1. The molecule has 42 heavy (non-hydrogen) atoms. The Hall–Kier alpha value is -4.07. The van der Waals surface area contributed by atoms with Crippen LogP contribution in [-0.4, -0.2) is 70.7 Å². The monoisotopic (exact) mass is 631 g/mol. The van der Waals surface area contributed by atoms with Gasteiger partial charge in [-0.05, 0) is 37.3 Å². The predicted octanol–water partition coefficient (Wildman–Crippen LogP) is 3.50. The summed E-state index contributed by atoms with van der Waals surface area (Å²) in [5.41, 5.74) is 4.64. The Kier molecular flexibility index (Phi) is 7.68. The Bertz CT molecular complexity index is 1930. The van der Waals surface area contributed by atoms with E-state index in [1.54, 1.807) is 4.90 Å². The van der Waals surface area contributed by atoms with Gasteiger partial charge in [0, 0.05) is 43.8 Å². The third-order valence-electron chi connectivity index (χ3n) is 6.94. The molecule has 0 spiro atoms. The summed E-state index contributed by atoms with van der Waals surface area (Å²) in [4.78, 5) is 42.1. The smallest absolute Gasteiger partial charge is 0.355 e. The number of amides is 1. The zero-order valence-corrected chi connectivity index (χ0v) is 24.7. The lowest BCUT2D eigenvalue weighted by Crippen LogP contribution is -2.54. The molecule has 11 nitrogen and oxygen atoms in total. The standard InChI is InChI=1S/C27H24Cl2FN7O4S/c1-4-20(38)35-10-11-36(14(2)13-35)25-15-12-16(28)22(21-17(30)6-5-7-18(21)31)33-26(15)37(27(39)34-25)23-19(42(3,40)41)8-9-32-24(23)29/h4-9,12,14H,1,10-11,13,31H2,2-3H3/t14-/m0/s1. The third kappa shape index (κ3) is 5.08. The van der Waals surface area contributed by atoms with Crippen molar-refractivity contribution in [2.24, 2.45) is 0 Å². The lowest BCUT2D eigenvalue weighted by Gasteiger charge is -2.40. The van der Waals surface area contributed by atoms with Crippen LogP contribution >= 0.6 is 23.2 Å². The summed E-state index contributed by atoms with van der Waals surface area (Å²) in [6.07, 6.45) is 3.38. The van der Waals surface area contributed by atoms with Gasteiger partial charge in [-0.3, -0.25) is 4.79 Å². The summed E-state index contributed by atoms with van der Waals surface area (Å²) in [7, 11) is -3.93. The molecular weight excluding hydrogens is 608 g/mol. The molecule has 1 atom stereocenters. The first-order chi connectivity index (χ1) is 19.8. The molecule has 4 aromatic rings. The molecular formula is C27H24Cl2FN7O4S. The zero-order valence-electron chi connectivity index (χ0n) is 22.4. The van der Waals surface area contributed by atoms with E-state index in [1.165, 1.54) is 42.6 Å². The van der Waals surface area contributed by atoms with Crippen LogP contribution in [0.25, 0.3) is 28.0 Å². The van der Waals surface area contributed by atoms with Gasteiger partial charge in [0.2, 0.25) is 5.91 Å². The highest BCUT2D eigenvalue weighted by Gasteiger charge is 2.31. The van der Waals surface area contributed by atoms with Crippen molar-refractivity contribution in [1.82, 2.24) is 24.4 Å². The van der Waals surface area contributed by atoms with E-state index in [-0.39, 0.29) is 66.5 Å². The van der Waals surface area contributed by atoms with E-state index >= 15 is 4.39 Å². The number of nitrogens with two attached hydrogens (primary N) is 1. The quantitative estimate of drug-likeness (QED) is 0.199.